The number of benzene rings is 1. The molecule has 1 amide bonds. The average molecular weight is 497 g/mol. The smallest absolute Gasteiger partial charge is 0.416 e. The number of nitrogens with one attached hydrogen (secondary N) is 1. The summed E-state index contributed by atoms with van der Waals surface area (Å²) < 4.78 is 48.5. The molecule has 1 aromatic heterocycles. The Morgan fingerprint density at radius 3 is 2.46 bits per heavy atom. The molecule has 192 valence electrons. The second-order valence-electron chi connectivity index (χ2n) is 8.70. The number of carbonyl (C=O) groups is 1. The van der Waals surface area contributed by atoms with Crippen LogP contribution in [-0.2, 0) is 22.3 Å². The third kappa shape index (κ3) is 9.79. The first-order chi connectivity index (χ1) is 16.4. The van der Waals surface area contributed by atoms with Crippen LogP contribution in [0.5, 0.6) is 0 Å². The fourth-order valence-electron chi connectivity index (χ4n) is 2.97. The number of rotatable bonds is 5. The van der Waals surface area contributed by atoms with Gasteiger partial charge in [-0.1, -0.05) is 12.1 Å². The van der Waals surface area contributed by atoms with E-state index in [2.05, 4.69) is 15.4 Å². The van der Waals surface area contributed by atoms with Gasteiger partial charge in [-0.2, -0.15) is 13.2 Å². The van der Waals surface area contributed by atoms with Gasteiger partial charge >= 0.3 is 12.3 Å². The number of nitrogens with zero attached hydrogens (tertiary/aromatic N) is 3. The van der Waals surface area contributed by atoms with E-state index in [-0.39, 0.29) is 18.8 Å². The molecule has 0 aliphatic carbocycles. The lowest BCUT2D eigenvalue weighted by Gasteiger charge is -2.24. The number of nitrogens with two attached hydrogens (primary N) is 2. The van der Waals surface area contributed by atoms with E-state index in [4.69, 9.17) is 21.1 Å². The van der Waals surface area contributed by atoms with E-state index in [1.807, 2.05) is 0 Å². The second kappa shape index (κ2) is 12.4. The van der Waals surface area contributed by atoms with Crippen LogP contribution in [-0.4, -0.2) is 45.8 Å². The molecule has 0 saturated carbocycles. The Morgan fingerprint density at radius 2 is 1.91 bits per heavy atom. The summed E-state index contributed by atoms with van der Waals surface area (Å²) in [7, 11) is 0. The van der Waals surface area contributed by atoms with E-state index in [1.165, 1.54) is 18.3 Å². The second-order valence-corrected chi connectivity index (χ2v) is 8.70. The Labute approximate surface area is 202 Å². The van der Waals surface area contributed by atoms with Gasteiger partial charge in [-0.25, -0.2) is 4.79 Å². The van der Waals surface area contributed by atoms with Gasteiger partial charge in [0.1, 0.15) is 11.3 Å². The van der Waals surface area contributed by atoms with E-state index >= 15 is 0 Å². The average Bonchev–Trinajstić information content (AvgIpc) is 3.27. The van der Waals surface area contributed by atoms with Crippen molar-refractivity contribution in [3.05, 3.63) is 65.9 Å². The molecule has 2 aromatic rings. The van der Waals surface area contributed by atoms with Gasteiger partial charge in [-0.15, -0.1) is 0 Å². The van der Waals surface area contributed by atoms with Crippen LogP contribution in [0.25, 0.3) is 5.70 Å². The van der Waals surface area contributed by atoms with Crippen LogP contribution in [0.2, 0.25) is 0 Å². The molecule has 0 spiro atoms. The van der Waals surface area contributed by atoms with Gasteiger partial charge < -0.3 is 25.5 Å². The molecule has 1 saturated heterocycles. The Kier molecular flexibility index (Phi) is 9.84. The van der Waals surface area contributed by atoms with E-state index in [0.717, 1.165) is 12.1 Å². The molecule has 1 aliphatic heterocycles. The van der Waals surface area contributed by atoms with Gasteiger partial charge in [0.05, 0.1) is 36.7 Å². The lowest BCUT2D eigenvalue weighted by molar-refractivity contribution is -0.137. The van der Waals surface area contributed by atoms with Gasteiger partial charge in [0.25, 0.3) is 0 Å². The molecule has 1 unspecified atom stereocenters. The number of hydrogen-bond donors (Lipinski definition) is 3. The molecule has 35 heavy (non-hydrogen) atoms. The fraction of sp³-hybridized carbons (Fsp3) is 0.435. The minimum absolute atomic E-state index is 0.139. The lowest BCUT2D eigenvalue weighted by atomic mass is 10.1. The topological polar surface area (TPSA) is 129 Å². The molecule has 9 nitrogen and oxygen atoms in total. The number of aromatic nitrogens is 2. The van der Waals surface area contributed by atoms with Crippen molar-refractivity contribution in [2.75, 3.05) is 13.1 Å². The van der Waals surface area contributed by atoms with Gasteiger partial charge in [0.2, 0.25) is 0 Å². The quantitative estimate of drug-likeness (QED) is 0.424. The number of alkyl halides is 3. The Balaban J connectivity index is 0.000000328. The van der Waals surface area contributed by atoms with E-state index in [9.17, 15) is 18.0 Å². The van der Waals surface area contributed by atoms with E-state index in [0.29, 0.717) is 36.5 Å². The van der Waals surface area contributed by atoms with Crippen molar-refractivity contribution in [1.29, 1.82) is 0 Å². The third-order valence-electron chi connectivity index (χ3n) is 4.66. The van der Waals surface area contributed by atoms with Crippen molar-refractivity contribution in [1.82, 2.24) is 20.3 Å². The number of ether oxygens (including phenoxy) is 2. The third-order valence-corrected chi connectivity index (χ3v) is 4.66. The molecule has 1 fully saturated rings. The van der Waals surface area contributed by atoms with Crippen LogP contribution in [0.3, 0.4) is 0 Å². The van der Waals surface area contributed by atoms with Gasteiger partial charge in [-0.05, 0) is 44.9 Å². The van der Waals surface area contributed by atoms with E-state index in [1.54, 1.807) is 44.3 Å². The molecule has 3 rings (SSSR count). The first-order valence-corrected chi connectivity index (χ1v) is 10.8. The normalized spacial score (nSPS) is 16.4. The minimum Gasteiger partial charge on any atom is -0.444 e. The number of hydrazine groups is 1. The standard InChI is InChI=1S/C17H22F3NO3.C6H9N5/c1-16(2,3)24-15(22)21-9-8-14(10-21)23-11-12-4-6-13(7-5-12)17(18,19)20;7-5(3-11-8)6-4-9-1-2-10-6/h4-7,14H,8-11H2,1-3H3;1-4,11H,7-8H2/b;5-3-. The fourth-order valence-corrected chi connectivity index (χ4v) is 2.97. The summed E-state index contributed by atoms with van der Waals surface area (Å²) in [4.78, 5) is 21.3. The van der Waals surface area contributed by atoms with Crippen molar-refractivity contribution in [3.8, 4) is 0 Å². The summed E-state index contributed by atoms with van der Waals surface area (Å²) in [5.74, 6) is 5.01. The van der Waals surface area contributed by atoms with Crippen LogP contribution in [0, 0.1) is 0 Å². The molecular weight excluding hydrogens is 465 g/mol. The Morgan fingerprint density at radius 1 is 1.23 bits per heavy atom. The maximum absolute atomic E-state index is 12.5. The van der Waals surface area contributed by atoms with E-state index < -0.39 is 17.3 Å². The van der Waals surface area contributed by atoms with Gasteiger partial charge in [0.15, 0.2) is 0 Å². The predicted octanol–water partition coefficient (Wildman–Crippen LogP) is 3.43. The van der Waals surface area contributed by atoms with Crippen LogP contribution >= 0.6 is 0 Å². The molecule has 2 heterocycles. The van der Waals surface area contributed by atoms with Crippen LogP contribution in [0.1, 0.15) is 44.0 Å². The Hall–Kier alpha value is -3.38. The predicted molar refractivity (Wildman–Crippen MR) is 124 cm³/mol. The first kappa shape index (κ1) is 27.9. The highest BCUT2D eigenvalue weighted by atomic mass is 19.4. The number of amides is 1. The molecule has 0 radical (unpaired) electrons. The largest absolute Gasteiger partial charge is 0.444 e. The Bertz CT molecular complexity index is 963. The van der Waals surface area contributed by atoms with Crippen molar-refractivity contribution >= 4 is 11.8 Å². The highest BCUT2D eigenvalue weighted by Crippen LogP contribution is 2.29. The maximum Gasteiger partial charge on any atom is 0.416 e. The van der Waals surface area contributed by atoms with Crippen LogP contribution in [0.4, 0.5) is 18.0 Å². The monoisotopic (exact) mass is 496 g/mol. The minimum atomic E-state index is -4.33. The highest BCUT2D eigenvalue weighted by molar-refractivity contribution is 5.68. The van der Waals surface area contributed by atoms with Crippen LogP contribution < -0.4 is 17.0 Å². The van der Waals surface area contributed by atoms with Crippen molar-refractivity contribution in [2.24, 2.45) is 11.6 Å². The van der Waals surface area contributed by atoms with Crippen molar-refractivity contribution in [2.45, 2.75) is 51.7 Å². The number of hydrogen-bond acceptors (Lipinski definition) is 8. The van der Waals surface area contributed by atoms with Crippen molar-refractivity contribution < 1.29 is 27.4 Å². The van der Waals surface area contributed by atoms with Crippen molar-refractivity contribution in [3.63, 3.8) is 0 Å². The molecule has 0 bridgehead atoms. The zero-order chi connectivity index (χ0) is 26.1. The summed E-state index contributed by atoms with van der Waals surface area (Å²) >= 11 is 0. The summed E-state index contributed by atoms with van der Waals surface area (Å²) in [6, 6.07) is 4.90. The summed E-state index contributed by atoms with van der Waals surface area (Å²) in [6.07, 6.45) is 1.98. The van der Waals surface area contributed by atoms with Gasteiger partial charge in [-0.3, -0.25) is 15.8 Å². The summed E-state index contributed by atoms with van der Waals surface area (Å²) in [6.45, 7) is 6.60. The first-order valence-electron chi connectivity index (χ1n) is 10.8. The summed E-state index contributed by atoms with van der Waals surface area (Å²) in [5, 5.41) is 0. The zero-order valence-corrected chi connectivity index (χ0v) is 19.9. The summed E-state index contributed by atoms with van der Waals surface area (Å²) in [5.41, 5.74) is 8.34. The molecular formula is C23H31F3N6O3. The maximum atomic E-state index is 12.5. The highest BCUT2D eigenvalue weighted by Gasteiger charge is 2.31. The molecule has 12 heteroatoms. The van der Waals surface area contributed by atoms with Gasteiger partial charge in [0, 0.05) is 25.1 Å². The number of carbonyl (C=O) groups excluding carboxylic acids is 1. The lowest BCUT2D eigenvalue weighted by Crippen LogP contribution is -2.36. The molecule has 1 aliphatic rings. The zero-order valence-electron chi connectivity index (χ0n) is 19.9. The molecule has 1 aromatic carbocycles. The van der Waals surface area contributed by atoms with Crippen LogP contribution in [0.15, 0.2) is 49.1 Å². The molecule has 5 N–H and O–H groups in total. The molecule has 1 atom stereocenters. The number of halogens is 3. The SMILES string of the molecule is CC(C)(C)OC(=O)N1CCC(OCc2ccc(C(F)(F)F)cc2)C1.NN/C=C(\N)c1cnccn1. The number of likely N-dealkylation sites (tertiary alicyclic amines) is 1.